The molecule has 1 aliphatic rings. The predicted octanol–water partition coefficient (Wildman–Crippen LogP) is 6.56. The fraction of sp³-hybridized carbons (Fsp3) is 0.233. The summed E-state index contributed by atoms with van der Waals surface area (Å²) in [6.07, 6.45) is -5.03. The standard InChI is InChI=1S/C30H25F4N3O2/c1-18-7-6-8-21(15-18)25(38)16-24-27(20-11-13-22(31)14-12-20)26-19(2)35-37(23-9-4-3-5-10-23)28(26)36(29(24)39)17-30(32,33)34/h3-15,24,27H,16-17H2,1-2H3/t24-,27+/m0/s1. The van der Waals surface area contributed by atoms with E-state index in [-0.39, 0.29) is 18.0 Å². The van der Waals surface area contributed by atoms with Gasteiger partial charge >= 0.3 is 6.18 Å². The molecule has 0 radical (unpaired) electrons. The van der Waals surface area contributed by atoms with Crippen molar-refractivity contribution < 1.29 is 27.2 Å². The van der Waals surface area contributed by atoms with Crippen LogP contribution >= 0.6 is 0 Å². The third-order valence-electron chi connectivity index (χ3n) is 6.95. The van der Waals surface area contributed by atoms with E-state index in [9.17, 15) is 27.2 Å². The number of fused-ring (bicyclic) bond motifs is 1. The quantitative estimate of drug-likeness (QED) is 0.208. The molecule has 2 heterocycles. The van der Waals surface area contributed by atoms with Crippen molar-refractivity contribution in [1.82, 2.24) is 9.78 Å². The number of Topliss-reactive ketones (excluding diaryl/α,β-unsaturated/α-hetero) is 1. The average molecular weight is 536 g/mol. The van der Waals surface area contributed by atoms with E-state index in [4.69, 9.17) is 0 Å². The lowest BCUT2D eigenvalue weighted by Crippen LogP contribution is -2.49. The van der Waals surface area contributed by atoms with E-state index in [0.29, 0.717) is 33.0 Å². The van der Waals surface area contributed by atoms with Gasteiger partial charge in [-0.2, -0.15) is 18.3 Å². The van der Waals surface area contributed by atoms with Gasteiger partial charge < -0.3 is 0 Å². The van der Waals surface area contributed by atoms with Crippen LogP contribution in [0, 0.1) is 25.6 Å². The van der Waals surface area contributed by atoms with Crippen LogP contribution in [0.15, 0.2) is 78.9 Å². The number of anilines is 1. The Morgan fingerprint density at radius 2 is 1.64 bits per heavy atom. The van der Waals surface area contributed by atoms with E-state index in [1.807, 2.05) is 13.0 Å². The number of nitrogens with zero attached hydrogens (tertiary/aromatic N) is 3. The molecule has 0 spiro atoms. The zero-order valence-corrected chi connectivity index (χ0v) is 21.2. The molecule has 0 unspecified atom stereocenters. The number of alkyl halides is 3. The normalized spacial score (nSPS) is 17.3. The summed E-state index contributed by atoms with van der Waals surface area (Å²) < 4.78 is 56.9. The van der Waals surface area contributed by atoms with Crippen LogP contribution in [-0.4, -0.2) is 34.2 Å². The molecule has 39 heavy (non-hydrogen) atoms. The Morgan fingerprint density at radius 3 is 2.28 bits per heavy atom. The zero-order valence-electron chi connectivity index (χ0n) is 21.2. The summed E-state index contributed by atoms with van der Waals surface area (Å²) in [5.74, 6) is -3.69. The van der Waals surface area contributed by atoms with Gasteiger partial charge in [0.15, 0.2) is 5.78 Å². The molecule has 0 fully saturated rings. The minimum absolute atomic E-state index is 0.00500. The van der Waals surface area contributed by atoms with Crippen molar-refractivity contribution in [3.05, 3.63) is 113 Å². The van der Waals surface area contributed by atoms with Crippen LogP contribution in [-0.2, 0) is 4.79 Å². The summed E-state index contributed by atoms with van der Waals surface area (Å²) in [4.78, 5) is 28.1. The largest absolute Gasteiger partial charge is 0.406 e. The van der Waals surface area contributed by atoms with Gasteiger partial charge in [0.25, 0.3) is 0 Å². The van der Waals surface area contributed by atoms with Crippen molar-refractivity contribution in [2.75, 3.05) is 11.4 Å². The number of rotatable bonds is 6. The van der Waals surface area contributed by atoms with Crippen LogP contribution < -0.4 is 4.90 Å². The highest BCUT2D eigenvalue weighted by atomic mass is 19.4. The number of halogens is 4. The molecule has 0 saturated heterocycles. The number of aryl methyl sites for hydroxylation is 2. The third-order valence-corrected chi connectivity index (χ3v) is 6.95. The van der Waals surface area contributed by atoms with E-state index >= 15 is 0 Å². The maximum Gasteiger partial charge on any atom is 0.406 e. The van der Waals surface area contributed by atoms with Crippen LogP contribution in [0.4, 0.5) is 23.4 Å². The van der Waals surface area contributed by atoms with E-state index in [1.165, 1.54) is 28.9 Å². The summed E-state index contributed by atoms with van der Waals surface area (Å²) in [5.41, 5.74) is 3.01. The van der Waals surface area contributed by atoms with Gasteiger partial charge in [0.2, 0.25) is 5.91 Å². The summed E-state index contributed by atoms with van der Waals surface area (Å²) >= 11 is 0. The van der Waals surface area contributed by atoms with Crippen molar-refractivity contribution in [2.45, 2.75) is 32.4 Å². The number of carbonyl (C=O) groups excluding carboxylic acids is 2. The topological polar surface area (TPSA) is 55.2 Å². The van der Waals surface area contributed by atoms with Crippen LogP contribution in [0.25, 0.3) is 5.69 Å². The van der Waals surface area contributed by atoms with E-state index in [2.05, 4.69) is 5.10 Å². The van der Waals surface area contributed by atoms with Gasteiger partial charge in [-0.25, -0.2) is 9.07 Å². The van der Waals surface area contributed by atoms with Gasteiger partial charge in [0, 0.05) is 23.5 Å². The van der Waals surface area contributed by atoms with Crippen molar-refractivity contribution in [2.24, 2.45) is 5.92 Å². The molecule has 0 aliphatic carbocycles. The molecule has 5 nitrogen and oxygen atoms in total. The van der Waals surface area contributed by atoms with Gasteiger partial charge in [-0.1, -0.05) is 54.1 Å². The Balaban J connectivity index is 1.72. The molecule has 5 rings (SSSR count). The summed E-state index contributed by atoms with van der Waals surface area (Å²) in [7, 11) is 0. The molecule has 0 N–H and O–H groups in total. The van der Waals surface area contributed by atoms with Crippen molar-refractivity contribution in [3.8, 4) is 5.69 Å². The number of carbonyl (C=O) groups is 2. The number of benzene rings is 3. The van der Waals surface area contributed by atoms with Crippen LogP contribution in [0.5, 0.6) is 0 Å². The number of para-hydroxylation sites is 1. The molecule has 1 aromatic heterocycles. The fourth-order valence-electron chi connectivity index (χ4n) is 5.29. The number of ketones is 1. The Labute approximate surface area is 222 Å². The second-order valence-electron chi connectivity index (χ2n) is 9.74. The molecule has 0 saturated carbocycles. The Kier molecular flexibility index (Phi) is 6.84. The highest BCUT2D eigenvalue weighted by Gasteiger charge is 2.48. The first-order chi connectivity index (χ1) is 18.5. The minimum Gasteiger partial charge on any atom is -0.294 e. The van der Waals surface area contributed by atoms with E-state index < -0.39 is 36.3 Å². The van der Waals surface area contributed by atoms with E-state index in [1.54, 1.807) is 55.5 Å². The van der Waals surface area contributed by atoms with Crippen molar-refractivity contribution in [1.29, 1.82) is 0 Å². The highest BCUT2D eigenvalue weighted by Crippen LogP contribution is 2.48. The molecule has 4 aromatic rings. The zero-order chi connectivity index (χ0) is 27.9. The smallest absolute Gasteiger partial charge is 0.294 e. The second kappa shape index (κ2) is 10.1. The monoisotopic (exact) mass is 535 g/mol. The maximum absolute atomic E-state index is 14.0. The SMILES string of the molecule is Cc1cccc(C(=O)C[C@@H]2C(=O)N(CC(F)(F)F)c3c(c(C)nn3-c3ccccc3)[C@@H]2c2ccc(F)cc2)c1. The Morgan fingerprint density at radius 1 is 0.949 bits per heavy atom. The first-order valence-electron chi connectivity index (χ1n) is 12.4. The molecule has 0 bridgehead atoms. The summed E-state index contributed by atoms with van der Waals surface area (Å²) in [6, 6.07) is 20.9. The molecule has 2 atom stereocenters. The molecular formula is C30H25F4N3O2. The summed E-state index contributed by atoms with van der Waals surface area (Å²) in [5, 5.41) is 4.55. The number of hydrogen-bond donors (Lipinski definition) is 0. The Hall–Kier alpha value is -4.27. The van der Waals surface area contributed by atoms with Crippen LogP contribution in [0.2, 0.25) is 0 Å². The average Bonchev–Trinajstić information content (AvgIpc) is 3.24. The summed E-state index contributed by atoms with van der Waals surface area (Å²) in [6.45, 7) is 1.94. The lowest BCUT2D eigenvalue weighted by molar-refractivity contribution is -0.135. The maximum atomic E-state index is 14.0. The minimum atomic E-state index is -4.71. The number of hydrogen-bond acceptors (Lipinski definition) is 3. The second-order valence-corrected chi connectivity index (χ2v) is 9.74. The van der Waals surface area contributed by atoms with Gasteiger partial charge in [-0.15, -0.1) is 0 Å². The third kappa shape index (κ3) is 5.21. The number of amides is 1. The predicted molar refractivity (Wildman–Crippen MR) is 139 cm³/mol. The lowest BCUT2D eigenvalue weighted by Gasteiger charge is -2.38. The van der Waals surface area contributed by atoms with Crippen LogP contribution in [0.3, 0.4) is 0 Å². The molecule has 1 aliphatic heterocycles. The molecule has 200 valence electrons. The van der Waals surface area contributed by atoms with Crippen molar-refractivity contribution >= 4 is 17.5 Å². The molecule has 9 heteroatoms. The molecule has 3 aromatic carbocycles. The molecular weight excluding hydrogens is 510 g/mol. The van der Waals surface area contributed by atoms with Gasteiger partial charge in [-0.05, 0) is 49.7 Å². The van der Waals surface area contributed by atoms with Crippen molar-refractivity contribution in [3.63, 3.8) is 0 Å². The Bertz CT molecular complexity index is 1530. The van der Waals surface area contributed by atoms with Gasteiger partial charge in [-0.3, -0.25) is 14.5 Å². The van der Waals surface area contributed by atoms with Crippen LogP contribution in [0.1, 0.15) is 45.1 Å². The first kappa shape index (κ1) is 26.3. The lowest BCUT2D eigenvalue weighted by atomic mass is 9.74. The highest BCUT2D eigenvalue weighted by molar-refractivity contribution is 6.04. The number of aromatic nitrogens is 2. The van der Waals surface area contributed by atoms with Gasteiger partial charge in [0.05, 0.1) is 17.3 Å². The first-order valence-corrected chi connectivity index (χ1v) is 12.4. The fourth-order valence-corrected chi connectivity index (χ4v) is 5.29. The van der Waals surface area contributed by atoms with E-state index in [0.717, 1.165) is 5.56 Å². The van der Waals surface area contributed by atoms with Gasteiger partial charge in [0.1, 0.15) is 18.2 Å². The molecule has 1 amide bonds.